The number of hydrogen-bond donors (Lipinski definition) is 3. The maximum absolute atomic E-state index is 11.5. The van der Waals surface area contributed by atoms with Gasteiger partial charge >= 0.3 is 12.1 Å². The fraction of sp³-hybridized carbons (Fsp3) is 0.308. The fourth-order valence-electron chi connectivity index (χ4n) is 1.33. The third-order valence-corrected chi connectivity index (χ3v) is 2.33. The highest BCUT2D eigenvalue weighted by atomic mass is 16.6. The summed E-state index contributed by atoms with van der Waals surface area (Å²) in [6.45, 7) is -1.31. The van der Waals surface area contributed by atoms with Crippen LogP contribution in [0.5, 0.6) is 0 Å². The van der Waals surface area contributed by atoms with E-state index in [4.69, 9.17) is 15.6 Å². The van der Waals surface area contributed by atoms with E-state index in [1.165, 1.54) is 0 Å². The van der Waals surface area contributed by atoms with Gasteiger partial charge in [-0.05, 0) is 5.56 Å². The SMILES string of the molecule is NC(=O)COC(=O)[C@H](CO)NC(=O)OCc1ccccc1. The van der Waals surface area contributed by atoms with Crippen LogP contribution in [0.4, 0.5) is 4.79 Å². The number of hydrogen-bond acceptors (Lipinski definition) is 6. The van der Waals surface area contributed by atoms with E-state index in [1.54, 1.807) is 24.3 Å². The number of aliphatic hydroxyl groups is 1. The number of esters is 1. The quantitative estimate of drug-likeness (QED) is 0.571. The molecule has 0 aliphatic carbocycles. The Morgan fingerprint density at radius 3 is 2.43 bits per heavy atom. The highest BCUT2D eigenvalue weighted by Crippen LogP contribution is 2.01. The Bertz CT molecular complexity index is 491. The van der Waals surface area contributed by atoms with Gasteiger partial charge in [0.2, 0.25) is 0 Å². The van der Waals surface area contributed by atoms with E-state index in [1.807, 2.05) is 6.07 Å². The zero-order chi connectivity index (χ0) is 15.7. The zero-order valence-corrected chi connectivity index (χ0v) is 11.2. The average molecular weight is 296 g/mol. The molecule has 2 amide bonds. The number of primary amides is 1. The van der Waals surface area contributed by atoms with Crippen molar-refractivity contribution in [2.45, 2.75) is 12.6 Å². The summed E-state index contributed by atoms with van der Waals surface area (Å²) in [4.78, 5) is 33.4. The van der Waals surface area contributed by atoms with Crippen LogP contribution in [0.1, 0.15) is 5.56 Å². The molecule has 0 aliphatic heterocycles. The van der Waals surface area contributed by atoms with Crippen LogP contribution < -0.4 is 11.1 Å². The number of alkyl carbamates (subject to hydrolysis) is 1. The minimum Gasteiger partial charge on any atom is -0.454 e. The second kappa shape index (κ2) is 8.54. The molecule has 0 spiro atoms. The van der Waals surface area contributed by atoms with Gasteiger partial charge in [-0.2, -0.15) is 0 Å². The van der Waals surface area contributed by atoms with Crippen LogP contribution in [0.15, 0.2) is 30.3 Å². The molecular weight excluding hydrogens is 280 g/mol. The van der Waals surface area contributed by atoms with Crippen LogP contribution in [0.2, 0.25) is 0 Å². The molecule has 0 saturated heterocycles. The largest absolute Gasteiger partial charge is 0.454 e. The van der Waals surface area contributed by atoms with Gasteiger partial charge in [0.15, 0.2) is 12.6 Å². The highest BCUT2D eigenvalue weighted by Gasteiger charge is 2.22. The molecule has 0 saturated carbocycles. The number of benzene rings is 1. The Kier molecular flexibility index (Phi) is 6.69. The normalized spacial score (nSPS) is 11.3. The van der Waals surface area contributed by atoms with Crippen molar-refractivity contribution in [3.05, 3.63) is 35.9 Å². The molecule has 114 valence electrons. The lowest BCUT2D eigenvalue weighted by molar-refractivity contribution is -0.150. The number of nitrogens with two attached hydrogens (primary N) is 1. The molecule has 0 heterocycles. The lowest BCUT2D eigenvalue weighted by atomic mass is 10.2. The molecule has 8 heteroatoms. The van der Waals surface area contributed by atoms with Crippen molar-refractivity contribution in [2.24, 2.45) is 5.73 Å². The second-order valence-corrected chi connectivity index (χ2v) is 4.02. The summed E-state index contributed by atoms with van der Waals surface area (Å²) in [6, 6.07) is 7.59. The third kappa shape index (κ3) is 6.39. The smallest absolute Gasteiger partial charge is 0.408 e. The van der Waals surface area contributed by atoms with Crippen molar-refractivity contribution in [1.29, 1.82) is 0 Å². The summed E-state index contributed by atoms with van der Waals surface area (Å²) in [5, 5.41) is 11.1. The van der Waals surface area contributed by atoms with E-state index >= 15 is 0 Å². The van der Waals surface area contributed by atoms with E-state index in [9.17, 15) is 14.4 Å². The van der Waals surface area contributed by atoms with Crippen molar-refractivity contribution >= 4 is 18.0 Å². The van der Waals surface area contributed by atoms with Gasteiger partial charge in [0, 0.05) is 0 Å². The van der Waals surface area contributed by atoms with E-state index in [0.29, 0.717) is 0 Å². The average Bonchev–Trinajstić information content (AvgIpc) is 2.49. The molecule has 21 heavy (non-hydrogen) atoms. The van der Waals surface area contributed by atoms with E-state index in [-0.39, 0.29) is 6.61 Å². The standard InChI is InChI=1S/C13H16N2O6/c14-11(17)8-20-12(18)10(6-16)15-13(19)21-7-9-4-2-1-3-5-9/h1-5,10,16H,6-8H2,(H2,14,17)(H,15,19)/t10-/m0/s1. The predicted molar refractivity (Wildman–Crippen MR) is 70.8 cm³/mol. The van der Waals surface area contributed by atoms with Gasteiger partial charge in [-0.15, -0.1) is 0 Å². The Labute approximate surface area is 120 Å². The highest BCUT2D eigenvalue weighted by molar-refractivity contribution is 5.84. The number of nitrogens with one attached hydrogen (secondary N) is 1. The Morgan fingerprint density at radius 2 is 1.86 bits per heavy atom. The Hall–Kier alpha value is -2.61. The molecule has 0 unspecified atom stereocenters. The Balaban J connectivity index is 2.40. The van der Waals surface area contributed by atoms with Crippen LogP contribution in [0, 0.1) is 0 Å². The summed E-state index contributed by atoms with van der Waals surface area (Å²) >= 11 is 0. The topological polar surface area (TPSA) is 128 Å². The minimum absolute atomic E-state index is 0.0150. The molecule has 0 bridgehead atoms. The van der Waals surface area contributed by atoms with Crippen LogP contribution in [-0.2, 0) is 25.7 Å². The Morgan fingerprint density at radius 1 is 1.19 bits per heavy atom. The molecule has 0 aliphatic rings. The lowest BCUT2D eigenvalue weighted by Gasteiger charge is -2.14. The first-order valence-corrected chi connectivity index (χ1v) is 6.06. The number of aliphatic hydroxyl groups excluding tert-OH is 1. The van der Waals surface area contributed by atoms with E-state index in [2.05, 4.69) is 10.1 Å². The first-order chi connectivity index (χ1) is 10.0. The summed E-state index contributed by atoms with van der Waals surface area (Å²) in [5.74, 6) is -1.82. The van der Waals surface area contributed by atoms with Crippen LogP contribution in [0.25, 0.3) is 0 Å². The lowest BCUT2D eigenvalue weighted by Crippen LogP contribution is -2.45. The molecule has 0 aromatic heterocycles. The molecule has 1 aromatic carbocycles. The maximum atomic E-state index is 11.5. The number of ether oxygens (including phenoxy) is 2. The van der Waals surface area contributed by atoms with Gasteiger partial charge in [-0.3, -0.25) is 4.79 Å². The van der Waals surface area contributed by atoms with Gasteiger partial charge in [-0.25, -0.2) is 9.59 Å². The van der Waals surface area contributed by atoms with Gasteiger partial charge < -0.3 is 25.6 Å². The van der Waals surface area contributed by atoms with Gasteiger partial charge in [0.1, 0.15) is 6.61 Å². The number of rotatable bonds is 7. The number of carbonyl (C=O) groups is 3. The molecule has 0 fully saturated rings. The van der Waals surface area contributed by atoms with E-state index in [0.717, 1.165) is 5.56 Å². The molecule has 0 radical (unpaired) electrons. The van der Waals surface area contributed by atoms with Crippen molar-refractivity contribution in [3.8, 4) is 0 Å². The summed E-state index contributed by atoms with van der Waals surface area (Å²) in [5.41, 5.74) is 5.57. The van der Waals surface area contributed by atoms with Gasteiger partial charge in [-0.1, -0.05) is 30.3 Å². The fourth-order valence-corrected chi connectivity index (χ4v) is 1.33. The molecule has 1 rings (SSSR count). The molecular formula is C13H16N2O6. The zero-order valence-electron chi connectivity index (χ0n) is 11.2. The van der Waals surface area contributed by atoms with Crippen LogP contribution in [-0.4, -0.2) is 42.3 Å². The first-order valence-electron chi connectivity index (χ1n) is 6.06. The predicted octanol–water partition coefficient (Wildman–Crippen LogP) is -0.698. The van der Waals surface area contributed by atoms with Crippen LogP contribution in [0.3, 0.4) is 0 Å². The van der Waals surface area contributed by atoms with E-state index < -0.39 is 37.2 Å². The number of carbonyl (C=O) groups excluding carboxylic acids is 3. The molecule has 8 nitrogen and oxygen atoms in total. The molecule has 1 aromatic rings. The third-order valence-electron chi connectivity index (χ3n) is 2.33. The summed E-state index contributed by atoms with van der Waals surface area (Å²) in [6.07, 6.45) is -0.895. The molecule has 1 atom stereocenters. The van der Waals surface area contributed by atoms with Crippen LogP contribution >= 0.6 is 0 Å². The van der Waals surface area contributed by atoms with Gasteiger partial charge in [0.25, 0.3) is 5.91 Å². The summed E-state index contributed by atoms with van der Waals surface area (Å²) < 4.78 is 9.35. The van der Waals surface area contributed by atoms with Crippen molar-refractivity contribution in [1.82, 2.24) is 5.32 Å². The maximum Gasteiger partial charge on any atom is 0.408 e. The summed E-state index contributed by atoms with van der Waals surface area (Å²) in [7, 11) is 0. The van der Waals surface area contributed by atoms with Gasteiger partial charge in [0.05, 0.1) is 6.61 Å². The monoisotopic (exact) mass is 296 g/mol. The first kappa shape index (κ1) is 16.4. The number of amides is 2. The minimum atomic E-state index is -1.33. The van der Waals surface area contributed by atoms with Crippen molar-refractivity contribution in [2.75, 3.05) is 13.2 Å². The second-order valence-electron chi connectivity index (χ2n) is 4.02. The molecule has 4 N–H and O–H groups in total. The van der Waals surface area contributed by atoms with Crippen molar-refractivity contribution in [3.63, 3.8) is 0 Å². The van der Waals surface area contributed by atoms with Crippen molar-refractivity contribution < 1.29 is 29.0 Å².